The fourth-order valence-corrected chi connectivity index (χ4v) is 1.54. The minimum Gasteiger partial charge on any atom is -0.444 e. The predicted octanol–water partition coefficient (Wildman–Crippen LogP) is 1.37. The maximum Gasteiger partial charge on any atom is 0.407 e. The van der Waals surface area contributed by atoms with Crippen LogP contribution in [0.25, 0.3) is 0 Å². The van der Waals surface area contributed by atoms with E-state index in [1.54, 1.807) is 0 Å². The number of hydrogen-bond donors (Lipinski definition) is 3. The minimum absolute atomic E-state index is 0.0398. The molecule has 1 aromatic rings. The molecule has 1 amide bonds. The lowest BCUT2D eigenvalue weighted by Crippen LogP contribution is -2.42. The summed E-state index contributed by atoms with van der Waals surface area (Å²) in [5.74, 6) is 0.768. The van der Waals surface area contributed by atoms with Gasteiger partial charge in [-0.1, -0.05) is 0 Å². The van der Waals surface area contributed by atoms with Crippen LogP contribution in [0.3, 0.4) is 0 Å². The number of amides is 1. The smallest absolute Gasteiger partial charge is 0.407 e. The van der Waals surface area contributed by atoms with Gasteiger partial charge in [-0.2, -0.15) is 5.10 Å². The molecule has 0 saturated heterocycles. The first-order valence-electron chi connectivity index (χ1n) is 6.36. The number of hydrogen-bond acceptors (Lipinski definition) is 5. The fourth-order valence-electron chi connectivity index (χ4n) is 1.54. The Morgan fingerprint density at radius 2 is 2.16 bits per heavy atom. The van der Waals surface area contributed by atoms with Crippen LogP contribution < -0.4 is 10.6 Å². The van der Waals surface area contributed by atoms with Crippen molar-refractivity contribution in [3.05, 3.63) is 12.2 Å². The Hall–Kier alpha value is -1.63. The van der Waals surface area contributed by atoms with Gasteiger partial charge < -0.3 is 15.4 Å². The molecule has 0 radical (unpaired) electrons. The molecule has 1 aromatic heterocycles. The van der Waals surface area contributed by atoms with Crippen molar-refractivity contribution in [1.29, 1.82) is 0 Å². The molecule has 0 aromatic carbocycles. The van der Waals surface area contributed by atoms with Crippen LogP contribution in [0.4, 0.5) is 4.79 Å². The van der Waals surface area contributed by atoms with Gasteiger partial charge in [0, 0.05) is 12.6 Å². The maximum absolute atomic E-state index is 11.5. The quantitative estimate of drug-likeness (QED) is 0.751. The monoisotopic (exact) mass is 269 g/mol. The number of alkyl carbamates (subject to hydrolysis) is 1. The molecular weight excluding hydrogens is 246 g/mol. The Balaban J connectivity index is 2.28. The second-order valence-electron chi connectivity index (χ2n) is 5.54. The molecule has 0 aliphatic rings. The maximum atomic E-state index is 11.5. The van der Waals surface area contributed by atoms with Crippen molar-refractivity contribution in [2.75, 3.05) is 6.54 Å². The molecule has 19 heavy (non-hydrogen) atoms. The van der Waals surface area contributed by atoms with Gasteiger partial charge in [-0.25, -0.2) is 9.78 Å². The van der Waals surface area contributed by atoms with Crippen LogP contribution in [0.2, 0.25) is 0 Å². The average molecular weight is 269 g/mol. The fraction of sp³-hybridized carbons (Fsp3) is 0.750. The summed E-state index contributed by atoms with van der Waals surface area (Å²) < 4.78 is 5.16. The summed E-state index contributed by atoms with van der Waals surface area (Å²) in [6.45, 7) is 9.93. The SMILES string of the molecule is CC(CNC(=O)OC(C)(C)C)NC(C)c1ncn[nH]1. The highest BCUT2D eigenvalue weighted by Crippen LogP contribution is 2.07. The molecule has 7 nitrogen and oxygen atoms in total. The number of rotatable bonds is 5. The van der Waals surface area contributed by atoms with Crippen LogP contribution in [-0.2, 0) is 4.74 Å². The molecule has 1 heterocycles. The number of carbonyl (C=O) groups is 1. The van der Waals surface area contributed by atoms with Crippen molar-refractivity contribution in [1.82, 2.24) is 25.8 Å². The molecule has 3 N–H and O–H groups in total. The number of nitrogens with one attached hydrogen (secondary N) is 3. The van der Waals surface area contributed by atoms with E-state index < -0.39 is 11.7 Å². The Bertz CT molecular complexity index is 385. The molecule has 0 fully saturated rings. The van der Waals surface area contributed by atoms with Crippen molar-refractivity contribution < 1.29 is 9.53 Å². The third kappa shape index (κ3) is 6.19. The van der Waals surface area contributed by atoms with E-state index in [9.17, 15) is 4.79 Å². The summed E-state index contributed by atoms with van der Waals surface area (Å²) in [5, 5.41) is 12.6. The lowest BCUT2D eigenvalue weighted by atomic mass is 10.2. The van der Waals surface area contributed by atoms with Crippen molar-refractivity contribution in [3.8, 4) is 0 Å². The molecule has 0 saturated carbocycles. The van der Waals surface area contributed by atoms with Crippen LogP contribution >= 0.6 is 0 Å². The molecule has 0 aliphatic heterocycles. The largest absolute Gasteiger partial charge is 0.444 e. The second kappa shape index (κ2) is 6.51. The molecule has 7 heteroatoms. The van der Waals surface area contributed by atoms with E-state index in [0.717, 1.165) is 5.82 Å². The lowest BCUT2D eigenvalue weighted by molar-refractivity contribution is 0.0522. The van der Waals surface area contributed by atoms with Crippen molar-refractivity contribution >= 4 is 6.09 Å². The standard InChI is InChI=1S/C12H23N5O2/c1-8(6-13-11(18)19-12(3,4)5)16-9(2)10-14-7-15-17-10/h7-9,16H,6H2,1-5H3,(H,13,18)(H,14,15,17). The van der Waals surface area contributed by atoms with E-state index in [-0.39, 0.29) is 12.1 Å². The number of H-pyrrole nitrogens is 1. The van der Waals surface area contributed by atoms with Crippen molar-refractivity contribution in [2.45, 2.75) is 52.3 Å². The van der Waals surface area contributed by atoms with Gasteiger partial charge in [0.05, 0.1) is 6.04 Å². The predicted molar refractivity (Wildman–Crippen MR) is 71.6 cm³/mol. The van der Waals surface area contributed by atoms with E-state index in [1.807, 2.05) is 34.6 Å². The third-order valence-electron chi connectivity index (χ3n) is 2.33. The van der Waals surface area contributed by atoms with Gasteiger partial charge in [0.2, 0.25) is 0 Å². The van der Waals surface area contributed by atoms with Crippen LogP contribution in [0, 0.1) is 0 Å². The first-order valence-corrected chi connectivity index (χ1v) is 6.36. The van der Waals surface area contributed by atoms with Gasteiger partial charge in [0.25, 0.3) is 0 Å². The highest BCUT2D eigenvalue weighted by atomic mass is 16.6. The summed E-state index contributed by atoms with van der Waals surface area (Å²) in [6, 6.07) is 0.130. The van der Waals surface area contributed by atoms with E-state index in [0.29, 0.717) is 6.54 Å². The number of ether oxygens (including phenoxy) is 1. The second-order valence-corrected chi connectivity index (χ2v) is 5.54. The topological polar surface area (TPSA) is 91.9 Å². The van der Waals surface area contributed by atoms with Crippen LogP contribution in [-0.4, -0.2) is 39.5 Å². The van der Waals surface area contributed by atoms with Gasteiger partial charge in [-0.15, -0.1) is 0 Å². The van der Waals surface area contributed by atoms with E-state index in [1.165, 1.54) is 6.33 Å². The summed E-state index contributed by atoms with van der Waals surface area (Å²) in [6.07, 6.45) is 1.06. The molecule has 0 bridgehead atoms. The molecule has 2 atom stereocenters. The molecule has 2 unspecified atom stereocenters. The molecule has 0 spiro atoms. The normalized spacial score (nSPS) is 14.8. The van der Waals surface area contributed by atoms with Gasteiger partial charge in [-0.05, 0) is 34.6 Å². The molecular formula is C12H23N5O2. The molecule has 1 rings (SSSR count). The number of aromatic nitrogens is 3. The van der Waals surface area contributed by atoms with Gasteiger partial charge in [-0.3, -0.25) is 5.10 Å². The summed E-state index contributed by atoms with van der Waals surface area (Å²) in [7, 11) is 0. The van der Waals surface area contributed by atoms with E-state index >= 15 is 0 Å². The van der Waals surface area contributed by atoms with Crippen LogP contribution in [0.5, 0.6) is 0 Å². The van der Waals surface area contributed by atoms with Crippen molar-refractivity contribution in [2.24, 2.45) is 0 Å². The van der Waals surface area contributed by atoms with Crippen LogP contribution in [0.15, 0.2) is 6.33 Å². The Morgan fingerprint density at radius 3 is 2.68 bits per heavy atom. The van der Waals surface area contributed by atoms with Gasteiger partial charge in [0.1, 0.15) is 17.8 Å². The van der Waals surface area contributed by atoms with Gasteiger partial charge >= 0.3 is 6.09 Å². The zero-order valence-corrected chi connectivity index (χ0v) is 12.2. The van der Waals surface area contributed by atoms with Crippen molar-refractivity contribution in [3.63, 3.8) is 0 Å². The summed E-state index contributed by atoms with van der Waals surface area (Å²) >= 11 is 0. The third-order valence-corrected chi connectivity index (χ3v) is 2.33. The summed E-state index contributed by atoms with van der Waals surface area (Å²) in [5.41, 5.74) is -0.478. The Labute approximate surface area is 113 Å². The first-order chi connectivity index (χ1) is 8.78. The highest BCUT2D eigenvalue weighted by molar-refractivity contribution is 5.67. The number of nitrogens with zero attached hydrogens (tertiary/aromatic N) is 2. The lowest BCUT2D eigenvalue weighted by Gasteiger charge is -2.22. The zero-order chi connectivity index (χ0) is 14.5. The number of carbonyl (C=O) groups excluding carboxylic acids is 1. The zero-order valence-electron chi connectivity index (χ0n) is 12.2. The first kappa shape index (κ1) is 15.4. The Kier molecular flexibility index (Phi) is 5.29. The molecule has 0 aliphatic carbocycles. The van der Waals surface area contributed by atoms with E-state index in [4.69, 9.17) is 4.74 Å². The van der Waals surface area contributed by atoms with E-state index in [2.05, 4.69) is 25.8 Å². The average Bonchev–Trinajstić information content (AvgIpc) is 2.77. The van der Waals surface area contributed by atoms with Gasteiger partial charge in [0.15, 0.2) is 0 Å². The Morgan fingerprint density at radius 1 is 1.47 bits per heavy atom. The summed E-state index contributed by atoms with van der Waals surface area (Å²) in [4.78, 5) is 15.6. The highest BCUT2D eigenvalue weighted by Gasteiger charge is 2.17. The van der Waals surface area contributed by atoms with Crippen LogP contribution in [0.1, 0.15) is 46.5 Å². The minimum atomic E-state index is -0.478. The number of aromatic amines is 1. The molecule has 108 valence electrons.